The largest absolute Gasteiger partial charge is 0.477 e. The number of fused-ring (bicyclic) bond motifs is 1. The van der Waals surface area contributed by atoms with Crippen LogP contribution in [-0.4, -0.2) is 26.0 Å². The van der Waals surface area contributed by atoms with Crippen molar-refractivity contribution in [3.8, 4) is 0 Å². The summed E-state index contributed by atoms with van der Waals surface area (Å²) in [6, 6.07) is 6.80. The zero-order valence-corrected chi connectivity index (χ0v) is 12.9. The van der Waals surface area contributed by atoms with Crippen molar-refractivity contribution in [2.75, 3.05) is 10.8 Å². The third kappa shape index (κ3) is 2.22. The summed E-state index contributed by atoms with van der Waals surface area (Å²) in [7, 11) is -3.70. The summed E-state index contributed by atoms with van der Waals surface area (Å²) in [5.74, 6) is -1.11. The highest BCUT2D eigenvalue weighted by atomic mass is 32.2. The van der Waals surface area contributed by atoms with Gasteiger partial charge in [0.25, 0.3) is 10.0 Å². The second kappa shape index (κ2) is 4.85. The molecule has 0 radical (unpaired) electrons. The maximum absolute atomic E-state index is 12.7. The van der Waals surface area contributed by atoms with Crippen molar-refractivity contribution in [2.24, 2.45) is 0 Å². The highest BCUT2D eigenvalue weighted by molar-refractivity contribution is 7.93. The Morgan fingerprint density at radius 3 is 2.81 bits per heavy atom. The van der Waals surface area contributed by atoms with Crippen LogP contribution in [-0.2, 0) is 16.4 Å². The summed E-state index contributed by atoms with van der Waals surface area (Å²) in [5, 5.41) is 10.3. The molecule has 0 amide bonds. The minimum absolute atomic E-state index is 0.0252. The van der Waals surface area contributed by atoms with Crippen LogP contribution < -0.4 is 4.31 Å². The molecule has 0 unspecified atom stereocenters. The van der Waals surface area contributed by atoms with Crippen LogP contribution in [0.5, 0.6) is 0 Å². The molecule has 0 atom stereocenters. The van der Waals surface area contributed by atoms with Crippen molar-refractivity contribution in [3.63, 3.8) is 0 Å². The van der Waals surface area contributed by atoms with E-state index in [1.807, 2.05) is 19.1 Å². The highest BCUT2D eigenvalue weighted by Gasteiger charge is 2.32. The molecule has 0 fully saturated rings. The molecular formula is C14H13NO4S2. The summed E-state index contributed by atoms with van der Waals surface area (Å²) in [6.07, 6.45) is 0.678. The maximum atomic E-state index is 12.7. The van der Waals surface area contributed by atoms with E-state index in [4.69, 9.17) is 5.11 Å². The molecule has 0 bridgehead atoms. The fourth-order valence-electron chi connectivity index (χ4n) is 2.52. The molecule has 3 rings (SSSR count). The van der Waals surface area contributed by atoms with Crippen molar-refractivity contribution in [2.45, 2.75) is 18.2 Å². The molecule has 1 aliphatic heterocycles. The molecule has 1 N–H and O–H groups in total. The van der Waals surface area contributed by atoms with Crippen LogP contribution in [0.2, 0.25) is 0 Å². The van der Waals surface area contributed by atoms with Gasteiger partial charge in [-0.3, -0.25) is 4.31 Å². The Labute approximate surface area is 126 Å². The lowest BCUT2D eigenvalue weighted by atomic mass is 10.1. The van der Waals surface area contributed by atoms with Gasteiger partial charge < -0.3 is 5.11 Å². The normalized spacial score (nSPS) is 14.2. The minimum atomic E-state index is -3.70. The Bertz CT molecular complexity index is 823. The second-order valence-electron chi connectivity index (χ2n) is 4.85. The number of hydrogen-bond acceptors (Lipinski definition) is 4. The standard InChI is InChI=1S/C14H13NO4S2/c1-9-3-2-4-12-11(9)5-6-15(12)21(18,19)10-7-13(14(16)17)20-8-10/h2-4,7-8H,5-6H2,1H3,(H,16,17). The first-order valence-electron chi connectivity index (χ1n) is 6.34. The Morgan fingerprint density at radius 2 is 2.14 bits per heavy atom. The first-order valence-corrected chi connectivity index (χ1v) is 8.66. The van der Waals surface area contributed by atoms with Crippen molar-refractivity contribution in [1.82, 2.24) is 0 Å². The smallest absolute Gasteiger partial charge is 0.345 e. The van der Waals surface area contributed by atoms with Gasteiger partial charge in [0.05, 0.1) is 10.6 Å². The highest BCUT2D eigenvalue weighted by Crippen LogP contribution is 2.35. The number of nitrogens with zero attached hydrogens (tertiary/aromatic N) is 1. The summed E-state index contributed by atoms with van der Waals surface area (Å²) < 4.78 is 26.7. The van der Waals surface area contributed by atoms with Gasteiger partial charge in [0.1, 0.15) is 4.88 Å². The van der Waals surface area contributed by atoms with E-state index in [1.54, 1.807) is 6.07 Å². The first-order chi connectivity index (χ1) is 9.91. The van der Waals surface area contributed by atoms with Crippen molar-refractivity contribution < 1.29 is 18.3 Å². The van der Waals surface area contributed by atoms with Crippen molar-refractivity contribution in [3.05, 3.63) is 45.6 Å². The third-order valence-electron chi connectivity index (χ3n) is 3.59. The van der Waals surface area contributed by atoms with Crippen molar-refractivity contribution >= 4 is 33.0 Å². The van der Waals surface area contributed by atoms with Gasteiger partial charge in [-0.25, -0.2) is 13.2 Å². The number of rotatable bonds is 3. The SMILES string of the molecule is Cc1cccc2c1CCN2S(=O)(=O)c1csc(C(=O)O)c1. The van der Waals surface area contributed by atoms with Crippen LogP contribution >= 0.6 is 11.3 Å². The van der Waals surface area contributed by atoms with Crippen LogP contribution in [0, 0.1) is 6.92 Å². The Hall–Kier alpha value is -1.86. The zero-order valence-electron chi connectivity index (χ0n) is 11.2. The van der Waals surface area contributed by atoms with Crippen LogP contribution in [0.1, 0.15) is 20.8 Å². The van der Waals surface area contributed by atoms with E-state index in [9.17, 15) is 13.2 Å². The molecule has 2 heterocycles. The van der Waals surface area contributed by atoms with E-state index in [1.165, 1.54) is 15.8 Å². The van der Waals surface area contributed by atoms with Gasteiger partial charge in [0, 0.05) is 11.9 Å². The number of benzene rings is 1. The molecule has 1 aliphatic rings. The van der Waals surface area contributed by atoms with Gasteiger partial charge in [-0.05, 0) is 36.6 Å². The van der Waals surface area contributed by atoms with Gasteiger partial charge in [0.2, 0.25) is 0 Å². The summed E-state index contributed by atoms with van der Waals surface area (Å²) in [6.45, 7) is 2.35. The van der Waals surface area contributed by atoms with Gasteiger partial charge in [-0.15, -0.1) is 11.3 Å². The molecular weight excluding hydrogens is 310 g/mol. The van der Waals surface area contributed by atoms with E-state index < -0.39 is 16.0 Å². The number of hydrogen-bond donors (Lipinski definition) is 1. The van der Waals surface area contributed by atoms with E-state index in [0.717, 1.165) is 22.5 Å². The molecule has 21 heavy (non-hydrogen) atoms. The number of sulfonamides is 1. The third-order valence-corrected chi connectivity index (χ3v) is 6.45. The lowest BCUT2D eigenvalue weighted by molar-refractivity contribution is 0.0702. The van der Waals surface area contributed by atoms with Crippen molar-refractivity contribution in [1.29, 1.82) is 0 Å². The monoisotopic (exact) mass is 323 g/mol. The molecule has 2 aromatic rings. The quantitative estimate of drug-likeness (QED) is 0.942. The van der Waals surface area contributed by atoms with Gasteiger partial charge in [-0.1, -0.05) is 12.1 Å². The number of aryl methyl sites for hydroxylation is 1. The first kappa shape index (κ1) is 14.1. The molecule has 0 spiro atoms. The summed E-state index contributed by atoms with van der Waals surface area (Å²) in [5.41, 5.74) is 2.80. The molecule has 0 saturated heterocycles. The second-order valence-corrected chi connectivity index (χ2v) is 7.63. The number of aromatic carboxylic acids is 1. The Morgan fingerprint density at radius 1 is 1.38 bits per heavy atom. The lowest BCUT2D eigenvalue weighted by Crippen LogP contribution is -2.28. The molecule has 5 nitrogen and oxygen atoms in total. The lowest BCUT2D eigenvalue weighted by Gasteiger charge is -2.18. The van der Waals surface area contributed by atoms with Gasteiger partial charge >= 0.3 is 5.97 Å². The molecule has 0 saturated carbocycles. The number of carboxylic acids is 1. The van der Waals surface area contributed by atoms with E-state index in [-0.39, 0.29) is 9.77 Å². The van der Waals surface area contributed by atoms with Crippen LogP contribution in [0.25, 0.3) is 0 Å². The Balaban J connectivity index is 2.05. The average Bonchev–Trinajstić information content (AvgIpc) is 3.07. The van der Waals surface area contributed by atoms with E-state index in [2.05, 4.69) is 0 Å². The van der Waals surface area contributed by atoms with E-state index in [0.29, 0.717) is 18.7 Å². The topological polar surface area (TPSA) is 74.7 Å². The molecule has 110 valence electrons. The minimum Gasteiger partial charge on any atom is -0.477 e. The van der Waals surface area contributed by atoms with E-state index >= 15 is 0 Å². The molecule has 0 aliphatic carbocycles. The number of anilines is 1. The molecule has 1 aromatic heterocycles. The fourth-order valence-corrected chi connectivity index (χ4v) is 5.12. The molecule has 7 heteroatoms. The molecule has 1 aromatic carbocycles. The maximum Gasteiger partial charge on any atom is 0.345 e. The number of thiophene rings is 1. The van der Waals surface area contributed by atoms with Gasteiger partial charge in [0.15, 0.2) is 0 Å². The predicted molar refractivity (Wildman–Crippen MR) is 80.7 cm³/mol. The predicted octanol–water partition coefficient (Wildman–Crippen LogP) is 2.51. The van der Waals surface area contributed by atoms with Crippen LogP contribution in [0.15, 0.2) is 34.5 Å². The Kier molecular flexibility index (Phi) is 3.26. The zero-order chi connectivity index (χ0) is 15.2. The summed E-state index contributed by atoms with van der Waals surface area (Å²) in [4.78, 5) is 11.0. The number of carboxylic acid groups (broad SMARTS) is 1. The number of carbonyl (C=O) groups is 1. The van der Waals surface area contributed by atoms with Crippen LogP contribution in [0.3, 0.4) is 0 Å². The van der Waals surface area contributed by atoms with Crippen LogP contribution in [0.4, 0.5) is 5.69 Å². The summed E-state index contributed by atoms with van der Waals surface area (Å²) >= 11 is 0.922. The fraction of sp³-hybridized carbons (Fsp3) is 0.214. The average molecular weight is 323 g/mol. The van der Waals surface area contributed by atoms with Gasteiger partial charge in [-0.2, -0.15) is 0 Å².